The Labute approximate surface area is 91.9 Å². The molecule has 1 saturated heterocycles. The number of aromatic nitrogens is 2. The van der Waals surface area contributed by atoms with E-state index >= 15 is 0 Å². The lowest BCUT2D eigenvalue weighted by Crippen LogP contribution is -2.11. The molecule has 1 atom stereocenters. The van der Waals surface area contributed by atoms with Gasteiger partial charge in [0.2, 0.25) is 0 Å². The quantitative estimate of drug-likeness (QED) is 0.750. The van der Waals surface area contributed by atoms with Crippen LogP contribution in [0.5, 0.6) is 0 Å². The molecular weight excluding hydrogens is 186 g/mol. The molecule has 84 valence electrons. The number of nitrogens with one attached hydrogen (secondary N) is 1. The fourth-order valence-corrected chi connectivity index (χ4v) is 2.30. The molecule has 1 aromatic heterocycles. The van der Waals surface area contributed by atoms with Gasteiger partial charge in [0.05, 0.1) is 6.33 Å². The minimum atomic E-state index is 0.689. The minimum absolute atomic E-state index is 0.689. The van der Waals surface area contributed by atoms with Crippen molar-refractivity contribution in [3.05, 3.63) is 18.2 Å². The lowest BCUT2D eigenvalue weighted by Gasteiger charge is -2.12. The fourth-order valence-electron chi connectivity index (χ4n) is 2.30. The molecule has 3 heteroatoms. The maximum Gasteiger partial charge on any atom is 0.0948 e. The third-order valence-corrected chi connectivity index (χ3v) is 3.23. The second-order valence-electron chi connectivity index (χ2n) is 4.41. The highest BCUT2D eigenvalue weighted by atomic mass is 15.1. The SMILES string of the molecule is CCCCCn1cncc1C1CCNC1. The van der Waals surface area contributed by atoms with E-state index in [1.807, 2.05) is 12.5 Å². The van der Waals surface area contributed by atoms with Crippen LogP contribution in [0.3, 0.4) is 0 Å². The Morgan fingerprint density at radius 3 is 3.20 bits per heavy atom. The predicted molar refractivity (Wildman–Crippen MR) is 62.0 cm³/mol. The Kier molecular flexibility index (Phi) is 3.78. The van der Waals surface area contributed by atoms with Crippen molar-refractivity contribution in [3.63, 3.8) is 0 Å². The molecule has 1 aliphatic rings. The highest BCUT2D eigenvalue weighted by Gasteiger charge is 2.19. The molecular formula is C12H21N3. The topological polar surface area (TPSA) is 29.9 Å². The van der Waals surface area contributed by atoms with Gasteiger partial charge in [-0.1, -0.05) is 19.8 Å². The highest BCUT2D eigenvalue weighted by Crippen LogP contribution is 2.22. The van der Waals surface area contributed by atoms with Crippen LogP contribution in [0.15, 0.2) is 12.5 Å². The van der Waals surface area contributed by atoms with E-state index in [0.717, 1.165) is 19.6 Å². The third-order valence-electron chi connectivity index (χ3n) is 3.23. The van der Waals surface area contributed by atoms with Gasteiger partial charge >= 0.3 is 0 Å². The molecule has 1 unspecified atom stereocenters. The highest BCUT2D eigenvalue weighted by molar-refractivity contribution is 5.09. The summed E-state index contributed by atoms with van der Waals surface area (Å²) in [5.41, 5.74) is 1.43. The van der Waals surface area contributed by atoms with Crippen LogP contribution in [0.2, 0.25) is 0 Å². The second-order valence-corrected chi connectivity index (χ2v) is 4.41. The van der Waals surface area contributed by atoms with Crippen LogP contribution >= 0.6 is 0 Å². The first-order valence-electron chi connectivity index (χ1n) is 6.12. The zero-order chi connectivity index (χ0) is 10.5. The maximum atomic E-state index is 4.28. The van der Waals surface area contributed by atoms with Crippen molar-refractivity contribution in [2.45, 2.75) is 45.1 Å². The Morgan fingerprint density at radius 1 is 1.53 bits per heavy atom. The van der Waals surface area contributed by atoms with E-state index in [-0.39, 0.29) is 0 Å². The fraction of sp³-hybridized carbons (Fsp3) is 0.750. The maximum absolute atomic E-state index is 4.28. The summed E-state index contributed by atoms with van der Waals surface area (Å²) >= 11 is 0. The van der Waals surface area contributed by atoms with Crippen molar-refractivity contribution in [1.29, 1.82) is 0 Å². The summed E-state index contributed by atoms with van der Waals surface area (Å²) in [4.78, 5) is 4.28. The van der Waals surface area contributed by atoms with Crippen molar-refractivity contribution in [2.24, 2.45) is 0 Å². The van der Waals surface area contributed by atoms with E-state index in [0.29, 0.717) is 5.92 Å². The largest absolute Gasteiger partial charge is 0.334 e. The first-order valence-corrected chi connectivity index (χ1v) is 6.12. The first kappa shape index (κ1) is 10.7. The third kappa shape index (κ3) is 2.59. The van der Waals surface area contributed by atoms with Gasteiger partial charge in [-0.05, 0) is 19.4 Å². The van der Waals surface area contributed by atoms with Gasteiger partial charge in [0, 0.05) is 30.9 Å². The predicted octanol–water partition coefficient (Wildman–Crippen LogP) is 2.15. The van der Waals surface area contributed by atoms with Gasteiger partial charge in [-0.15, -0.1) is 0 Å². The summed E-state index contributed by atoms with van der Waals surface area (Å²) in [6.45, 7) is 5.67. The van der Waals surface area contributed by atoms with Crippen LogP contribution in [-0.2, 0) is 6.54 Å². The molecule has 15 heavy (non-hydrogen) atoms. The number of aryl methyl sites for hydroxylation is 1. The molecule has 0 aromatic carbocycles. The summed E-state index contributed by atoms with van der Waals surface area (Å²) in [5.74, 6) is 0.689. The van der Waals surface area contributed by atoms with Gasteiger partial charge in [0.1, 0.15) is 0 Å². The van der Waals surface area contributed by atoms with Crippen LogP contribution in [0.1, 0.15) is 44.2 Å². The number of nitrogens with zero attached hydrogens (tertiary/aromatic N) is 2. The summed E-state index contributed by atoms with van der Waals surface area (Å²) in [6.07, 6.45) is 9.18. The monoisotopic (exact) mass is 207 g/mol. The van der Waals surface area contributed by atoms with Crippen molar-refractivity contribution >= 4 is 0 Å². The Morgan fingerprint density at radius 2 is 2.47 bits per heavy atom. The lowest BCUT2D eigenvalue weighted by atomic mass is 10.1. The van der Waals surface area contributed by atoms with E-state index in [4.69, 9.17) is 0 Å². The van der Waals surface area contributed by atoms with Gasteiger partial charge in [0.15, 0.2) is 0 Å². The van der Waals surface area contributed by atoms with E-state index in [2.05, 4.69) is 21.8 Å². The van der Waals surface area contributed by atoms with Gasteiger partial charge in [-0.2, -0.15) is 0 Å². The molecule has 2 rings (SSSR count). The summed E-state index contributed by atoms with van der Waals surface area (Å²) < 4.78 is 2.34. The van der Waals surface area contributed by atoms with Crippen molar-refractivity contribution in [2.75, 3.05) is 13.1 Å². The zero-order valence-corrected chi connectivity index (χ0v) is 9.58. The molecule has 1 fully saturated rings. The number of unbranched alkanes of at least 4 members (excludes halogenated alkanes) is 2. The zero-order valence-electron chi connectivity index (χ0n) is 9.58. The number of hydrogen-bond acceptors (Lipinski definition) is 2. The van der Waals surface area contributed by atoms with Crippen LogP contribution in [0.25, 0.3) is 0 Å². The van der Waals surface area contributed by atoms with Crippen molar-refractivity contribution in [3.8, 4) is 0 Å². The molecule has 0 saturated carbocycles. The molecule has 1 N–H and O–H groups in total. The Balaban J connectivity index is 1.95. The molecule has 1 aromatic rings. The Bertz CT molecular complexity index is 287. The van der Waals surface area contributed by atoms with Crippen molar-refractivity contribution < 1.29 is 0 Å². The van der Waals surface area contributed by atoms with E-state index < -0.39 is 0 Å². The molecule has 2 heterocycles. The Hall–Kier alpha value is -0.830. The van der Waals surface area contributed by atoms with Crippen LogP contribution < -0.4 is 5.32 Å². The van der Waals surface area contributed by atoms with Crippen LogP contribution in [0, 0.1) is 0 Å². The van der Waals surface area contributed by atoms with E-state index in [1.54, 1.807) is 0 Å². The number of imidazole rings is 1. The smallest absolute Gasteiger partial charge is 0.0948 e. The second kappa shape index (κ2) is 5.31. The van der Waals surface area contributed by atoms with Gasteiger partial charge in [-0.25, -0.2) is 4.98 Å². The summed E-state index contributed by atoms with van der Waals surface area (Å²) in [7, 11) is 0. The van der Waals surface area contributed by atoms with Crippen molar-refractivity contribution in [1.82, 2.24) is 14.9 Å². The number of rotatable bonds is 5. The van der Waals surface area contributed by atoms with Gasteiger partial charge in [0.25, 0.3) is 0 Å². The molecule has 0 spiro atoms. The molecule has 3 nitrogen and oxygen atoms in total. The molecule has 0 aliphatic carbocycles. The van der Waals surface area contributed by atoms with Gasteiger partial charge < -0.3 is 9.88 Å². The normalized spacial score (nSPS) is 21.0. The van der Waals surface area contributed by atoms with Gasteiger partial charge in [-0.3, -0.25) is 0 Å². The van der Waals surface area contributed by atoms with Crippen LogP contribution in [-0.4, -0.2) is 22.6 Å². The molecule has 0 amide bonds. The average molecular weight is 207 g/mol. The number of hydrogen-bond donors (Lipinski definition) is 1. The molecule has 1 aliphatic heterocycles. The minimum Gasteiger partial charge on any atom is -0.334 e. The molecule has 0 bridgehead atoms. The van der Waals surface area contributed by atoms with E-state index in [1.165, 1.54) is 31.4 Å². The standard InChI is InChI=1S/C12H21N3/c1-2-3-4-7-15-10-14-9-12(15)11-5-6-13-8-11/h9-11,13H,2-8H2,1H3. The van der Waals surface area contributed by atoms with E-state index in [9.17, 15) is 0 Å². The average Bonchev–Trinajstić information content (AvgIpc) is 2.87. The summed E-state index contributed by atoms with van der Waals surface area (Å²) in [6, 6.07) is 0. The first-order chi connectivity index (χ1) is 7.42. The van der Waals surface area contributed by atoms with Crippen LogP contribution in [0.4, 0.5) is 0 Å². The summed E-state index contributed by atoms with van der Waals surface area (Å²) in [5, 5.41) is 3.41. The lowest BCUT2D eigenvalue weighted by molar-refractivity contribution is 0.562. The molecule has 0 radical (unpaired) electrons.